The lowest BCUT2D eigenvalue weighted by Gasteiger charge is -2.36. The molecule has 1 fully saturated rings. The number of carbonyl (C=O) groups is 1. The summed E-state index contributed by atoms with van der Waals surface area (Å²) in [6.45, 7) is 3.05. The fourth-order valence-corrected chi connectivity index (χ4v) is 2.84. The fourth-order valence-electron chi connectivity index (χ4n) is 2.84. The molecule has 27 heavy (non-hydrogen) atoms. The number of amides is 1. The Morgan fingerprint density at radius 2 is 1.93 bits per heavy atom. The predicted molar refractivity (Wildman–Crippen MR) is 102 cm³/mol. The number of nitrogens with zero attached hydrogens (tertiary/aromatic N) is 5. The van der Waals surface area contributed by atoms with E-state index in [4.69, 9.17) is 0 Å². The quantitative estimate of drug-likeness (QED) is 0.615. The average Bonchev–Trinajstić information content (AvgIpc) is 2.69. The van der Waals surface area contributed by atoms with E-state index in [1.165, 1.54) is 12.1 Å². The van der Waals surface area contributed by atoms with Gasteiger partial charge in [-0.1, -0.05) is 6.07 Å². The summed E-state index contributed by atoms with van der Waals surface area (Å²) in [6.07, 6.45) is 3.46. The van der Waals surface area contributed by atoms with Gasteiger partial charge in [0.2, 0.25) is 11.9 Å². The van der Waals surface area contributed by atoms with E-state index in [9.17, 15) is 9.18 Å². The predicted octanol–water partition coefficient (Wildman–Crippen LogP) is 0.952. The highest BCUT2D eigenvalue weighted by molar-refractivity contribution is 5.95. The minimum Gasteiger partial charge on any atom is -0.347 e. The molecule has 9 heteroatoms. The van der Waals surface area contributed by atoms with E-state index in [1.807, 2.05) is 0 Å². The van der Waals surface area contributed by atoms with Gasteiger partial charge >= 0.3 is 0 Å². The molecule has 1 aromatic carbocycles. The summed E-state index contributed by atoms with van der Waals surface area (Å²) in [6, 6.07) is 7.59. The number of halogens is 1. The van der Waals surface area contributed by atoms with E-state index >= 15 is 0 Å². The molecule has 1 amide bonds. The van der Waals surface area contributed by atoms with E-state index in [1.54, 1.807) is 37.6 Å². The van der Waals surface area contributed by atoms with Crippen LogP contribution in [0, 0.1) is 5.82 Å². The maximum atomic E-state index is 13.2. The number of carbonyl (C=O) groups excluding carboxylic acids is 1. The zero-order valence-corrected chi connectivity index (χ0v) is 15.1. The van der Waals surface area contributed by atoms with Gasteiger partial charge in [0.15, 0.2) is 5.96 Å². The van der Waals surface area contributed by atoms with Crippen LogP contribution < -0.4 is 15.5 Å². The molecule has 0 unspecified atom stereocenters. The molecule has 0 saturated carbocycles. The zero-order chi connectivity index (χ0) is 19.1. The number of aliphatic imine (C=N–C) groups is 1. The molecule has 1 aromatic heterocycles. The third kappa shape index (κ3) is 5.13. The van der Waals surface area contributed by atoms with Gasteiger partial charge in [0.05, 0.1) is 6.54 Å². The molecular weight excluding hydrogens is 349 g/mol. The highest BCUT2D eigenvalue weighted by Crippen LogP contribution is 2.10. The van der Waals surface area contributed by atoms with Gasteiger partial charge in [0.1, 0.15) is 5.82 Å². The molecule has 1 aliphatic rings. The average molecular weight is 371 g/mol. The molecule has 2 heterocycles. The summed E-state index contributed by atoms with van der Waals surface area (Å²) < 4.78 is 13.2. The molecule has 0 spiro atoms. The van der Waals surface area contributed by atoms with Crippen LogP contribution >= 0.6 is 0 Å². The Bertz CT molecular complexity index is 791. The third-order valence-corrected chi connectivity index (χ3v) is 4.14. The van der Waals surface area contributed by atoms with Crippen LogP contribution in [0.25, 0.3) is 0 Å². The van der Waals surface area contributed by atoms with Crippen molar-refractivity contribution in [2.24, 2.45) is 4.99 Å². The van der Waals surface area contributed by atoms with Crippen molar-refractivity contribution < 1.29 is 9.18 Å². The summed E-state index contributed by atoms with van der Waals surface area (Å²) in [5.41, 5.74) is 0.424. The van der Waals surface area contributed by atoms with Gasteiger partial charge in [-0.15, -0.1) is 0 Å². The second-order valence-corrected chi connectivity index (χ2v) is 5.98. The number of benzene rings is 1. The molecule has 0 aliphatic carbocycles. The molecule has 142 valence electrons. The van der Waals surface area contributed by atoms with Crippen LogP contribution in [-0.4, -0.2) is 66.5 Å². The molecule has 1 saturated heterocycles. The fraction of sp³-hybridized carbons (Fsp3) is 0.333. The molecule has 1 aliphatic heterocycles. The molecule has 2 N–H and O–H groups in total. The van der Waals surface area contributed by atoms with Crippen LogP contribution in [0.2, 0.25) is 0 Å². The molecule has 0 atom stereocenters. The van der Waals surface area contributed by atoms with Gasteiger partial charge in [0, 0.05) is 51.3 Å². The minimum absolute atomic E-state index is 0.0468. The summed E-state index contributed by atoms with van der Waals surface area (Å²) in [5, 5.41) is 5.70. The minimum atomic E-state index is -0.392. The summed E-state index contributed by atoms with van der Waals surface area (Å²) >= 11 is 0. The van der Waals surface area contributed by atoms with Gasteiger partial charge in [-0.2, -0.15) is 0 Å². The van der Waals surface area contributed by atoms with Crippen LogP contribution in [0.15, 0.2) is 47.7 Å². The summed E-state index contributed by atoms with van der Waals surface area (Å²) in [4.78, 5) is 29.0. The van der Waals surface area contributed by atoms with E-state index in [2.05, 4.69) is 35.4 Å². The van der Waals surface area contributed by atoms with Crippen molar-refractivity contribution in [3.8, 4) is 0 Å². The maximum absolute atomic E-state index is 13.2. The first-order chi connectivity index (χ1) is 13.2. The van der Waals surface area contributed by atoms with Gasteiger partial charge in [-0.25, -0.2) is 14.4 Å². The first kappa shape index (κ1) is 18.6. The van der Waals surface area contributed by atoms with Crippen molar-refractivity contribution in [1.82, 2.24) is 20.2 Å². The van der Waals surface area contributed by atoms with Gasteiger partial charge in [0.25, 0.3) is 0 Å². The Morgan fingerprint density at radius 1 is 1.19 bits per heavy atom. The van der Waals surface area contributed by atoms with E-state index in [0.717, 1.165) is 32.1 Å². The first-order valence-electron chi connectivity index (χ1n) is 8.68. The molecule has 8 nitrogen and oxygen atoms in total. The normalized spacial score (nSPS) is 14.8. The molecule has 2 aromatic rings. The Labute approximate surface area is 157 Å². The van der Waals surface area contributed by atoms with Crippen LogP contribution in [0.1, 0.15) is 0 Å². The van der Waals surface area contributed by atoms with Crippen molar-refractivity contribution >= 4 is 23.5 Å². The second-order valence-electron chi connectivity index (χ2n) is 5.98. The molecule has 0 radical (unpaired) electrons. The number of anilines is 2. The molecule has 3 rings (SSSR count). The number of piperazine rings is 1. The lowest BCUT2D eigenvalue weighted by Crippen LogP contribution is -2.53. The Kier molecular flexibility index (Phi) is 6.14. The van der Waals surface area contributed by atoms with Crippen molar-refractivity contribution in [3.63, 3.8) is 0 Å². The zero-order valence-electron chi connectivity index (χ0n) is 15.1. The largest absolute Gasteiger partial charge is 0.347 e. The highest BCUT2D eigenvalue weighted by atomic mass is 19.1. The number of rotatable bonds is 4. The highest BCUT2D eigenvalue weighted by Gasteiger charge is 2.21. The number of aromatic nitrogens is 2. The molecular formula is C18H22FN7O. The Hall–Kier alpha value is -3.23. The summed E-state index contributed by atoms with van der Waals surface area (Å²) in [5.74, 6) is 0.711. The van der Waals surface area contributed by atoms with E-state index in [-0.39, 0.29) is 12.5 Å². The SMILES string of the molecule is CN=C(NCC(=O)Nc1cccc(F)c1)N1CCN(c2ncccn2)CC1. The first-order valence-corrected chi connectivity index (χ1v) is 8.68. The smallest absolute Gasteiger partial charge is 0.243 e. The van der Waals surface area contributed by atoms with Crippen molar-refractivity contribution in [1.29, 1.82) is 0 Å². The number of guanidine groups is 1. The van der Waals surface area contributed by atoms with Gasteiger partial charge in [-0.05, 0) is 24.3 Å². The molecule has 0 bridgehead atoms. The number of hydrogen-bond acceptors (Lipinski definition) is 5. The van der Waals surface area contributed by atoms with Gasteiger partial charge in [-0.3, -0.25) is 9.79 Å². The van der Waals surface area contributed by atoms with Crippen LogP contribution in [-0.2, 0) is 4.79 Å². The number of nitrogens with one attached hydrogen (secondary N) is 2. The lowest BCUT2D eigenvalue weighted by molar-refractivity contribution is -0.115. The number of hydrogen-bond donors (Lipinski definition) is 2. The Morgan fingerprint density at radius 3 is 2.59 bits per heavy atom. The lowest BCUT2D eigenvalue weighted by atomic mass is 10.3. The van der Waals surface area contributed by atoms with Crippen LogP contribution in [0.5, 0.6) is 0 Å². The second kappa shape index (κ2) is 8.93. The Balaban J connectivity index is 1.47. The van der Waals surface area contributed by atoms with Crippen molar-refractivity contribution in [2.45, 2.75) is 0 Å². The van der Waals surface area contributed by atoms with E-state index < -0.39 is 5.82 Å². The summed E-state index contributed by atoms with van der Waals surface area (Å²) in [7, 11) is 1.68. The van der Waals surface area contributed by atoms with Crippen molar-refractivity contribution in [3.05, 3.63) is 48.5 Å². The van der Waals surface area contributed by atoms with Gasteiger partial charge < -0.3 is 20.4 Å². The monoisotopic (exact) mass is 371 g/mol. The maximum Gasteiger partial charge on any atom is 0.243 e. The van der Waals surface area contributed by atoms with Crippen molar-refractivity contribution in [2.75, 3.05) is 50.0 Å². The topological polar surface area (TPSA) is 85.8 Å². The third-order valence-electron chi connectivity index (χ3n) is 4.14. The van der Waals surface area contributed by atoms with E-state index in [0.29, 0.717) is 11.6 Å². The standard InChI is InChI=1S/C18H22FN7O/c1-20-17(23-13-16(27)24-15-5-2-4-14(19)12-15)25-8-10-26(11-9-25)18-21-6-3-7-22-18/h2-7,12H,8-11,13H2,1H3,(H,20,23)(H,24,27). The van der Waals surface area contributed by atoms with Crippen LogP contribution in [0.4, 0.5) is 16.0 Å². The van der Waals surface area contributed by atoms with Crippen LogP contribution in [0.3, 0.4) is 0 Å².